The number of benzene rings is 2. The van der Waals surface area contributed by atoms with Crippen LogP contribution < -0.4 is 10.6 Å². The fourth-order valence-electron chi connectivity index (χ4n) is 4.48. The zero-order valence-corrected chi connectivity index (χ0v) is 21.4. The molecule has 4 rings (SSSR count). The van der Waals surface area contributed by atoms with E-state index in [0.29, 0.717) is 29.6 Å². The zero-order chi connectivity index (χ0) is 24.9. The standard InChI is InChI=1S/C25H28F3IN4O2/c26-19-6-5-18(24(23(19)28)31-21-7-4-17(29)13-20(21)27)25(35)33-14-16(15-33)12-22(34)30-8-11-32-9-2-1-3-10-32/h4-7,13,16,31H,1-3,8-12,14-15H2,(H,30,34). The average molecular weight is 600 g/mol. The fourth-order valence-corrected chi connectivity index (χ4v) is 4.94. The molecule has 0 aliphatic carbocycles. The largest absolute Gasteiger partial charge is 0.355 e. The van der Waals surface area contributed by atoms with Crippen LogP contribution in [0, 0.1) is 26.9 Å². The van der Waals surface area contributed by atoms with Gasteiger partial charge in [-0.25, -0.2) is 13.2 Å². The van der Waals surface area contributed by atoms with Crippen molar-refractivity contribution in [1.29, 1.82) is 0 Å². The van der Waals surface area contributed by atoms with Crippen molar-refractivity contribution >= 4 is 45.8 Å². The third kappa shape index (κ3) is 6.46. The van der Waals surface area contributed by atoms with Crippen molar-refractivity contribution in [1.82, 2.24) is 15.1 Å². The van der Waals surface area contributed by atoms with Crippen LogP contribution >= 0.6 is 22.6 Å². The Morgan fingerprint density at radius 3 is 2.46 bits per heavy atom. The highest BCUT2D eigenvalue weighted by atomic mass is 127. The topological polar surface area (TPSA) is 64.7 Å². The summed E-state index contributed by atoms with van der Waals surface area (Å²) in [5.41, 5.74) is -0.563. The molecule has 2 amide bonds. The molecule has 0 bridgehead atoms. The predicted molar refractivity (Wildman–Crippen MR) is 136 cm³/mol. The van der Waals surface area contributed by atoms with Crippen LogP contribution in [0.2, 0.25) is 0 Å². The second-order valence-electron chi connectivity index (χ2n) is 9.07. The molecule has 2 fully saturated rings. The van der Waals surface area contributed by atoms with Gasteiger partial charge < -0.3 is 20.4 Å². The van der Waals surface area contributed by atoms with Crippen molar-refractivity contribution in [2.75, 3.05) is 44.6 Å². The number of likely N-dealkylation sites (tertiary alicyclic amines) is 2. The van der Waals surface area contributed by atoms with Gasteiger partial charge in [-0.05, 0) is 78.9 Å². The van der Waals surface area contributed by atoms with Gasteiger partial charge in [-0.1, -0.05) is 6.42 Å². The highest BCUT2D eigenvalue weighted by Crippen LogP contribution is 2.31. The normalized spacial score (nSPS) is 16.6. The van der Waals surface area contributed by atoms with E-state index in [1.165, 1.54) is 42.4 Å². The number of carbonyl (C=O) groups excluding carboxylic acids is 2. The maximum Gasteiger partial charge on any atom is 0.256 e. The third-order valence-electron chi connectivity index (χ3n) is 6.43. The van der Waals surface area contributed by atoms with E-state index in [9.17, 15) is 22.8 Å². The Bertz CT molecular complexity index is 1090. The van der Waals surface area contributed by atoms with E-state index in [4.69, 9.17) is 0 Å². The summed E-state index contributed by atoms with van der Waals surface area (Å²) in [5.74, 6) is -3.59. The van der Waals surface area contributed by atoms with Crippen LogP contribution in [0.3, 0.4) is 0 Å². The van der Waals surface area contributed by atoms with Crippen LogP contribution in [0.4, 0.5) is 24.5 Å². The second-order valence-corrected chi connectivity index (χ2v) is 10.3. The zero-order valence-electron chi connectivity index (χ0n) is 19.3. The van der Waals surface area contributed by atoms with Crippen LogP contribution in [0.15, 0.2) is 30.3 Å². The molecule has 2 aromatic rings. The summed E-state index contributed by atoms with van der Waals surface area (Å²) in [5, 5.41) is 5.49. The Labute approximate surface area is 216 Å². The number of carbonyl (C=O) groups is 2. The summed E-state index contributed by atoms with van der Waals surface area (Å²) in [6.07, 6.45) is 3.98. The second kappa shape index (κ2) is 11.6. The lowest BCUT2D eigenvalue weighted by Crippen LogP contribution is -2.51. The summed E-state index contributed by atoms with van der Waals surface area (Å²) in [6, 6.07) is 6.33. The lowest BCUT2D eigenvalue weighted by Gasteiger charge is -2.39. The van der Waals surface area contributed by atoms with Crippen molar-refractivity contribution in [2.45, 2.75) is 25.7 Å². The van der Waals surface area contributed by atoms with Gasteiger partial charge in [0, 0.05) is 42.1 Å². The van der Waals surface area contributed by atoms with Crippen LogP contribution in [0.25, 0.3) is 0 Å². The highest BCUT2D eigenvalue weighted by molar-refractivity contribution is 14.1. The summed E-state index contributed by atoms with van der Waals surface area (Å²) in [4.78, 5) is 29.1. The van der Waals surface area contributed by atoms with Gasteiger partial charge in [-0.3, -0.25) is 9.59 Å². The van der Waals surface area contributed by atoms with E-state index in [-0.39, 0.29) is 23.1 Å². The number of hydrogen-bond donors (Lipinski definition) is 2. The molecular formula is C25H28F3IN4O2. The number of halogens is 4. The number of hydrogen-bond acceptors (Lipinski definition) is 4. The molecule has 0 spiro atoms. The predicted octanol–water partition coefficient (Wildman–Crippen LogP) is 4.52. The van der Waals surface area contributed by atoms with Gasteiger partial charge in [-0.15, -0.1) is 0 Å². The van der Waals surface area contributed by atoms with Crippen LogP contribution in [0.1, 0.15) is 36.0 Å². The molecule has 35 heavy (non-hydrogen) atoms. The van der Waals surface area contributed by atoms with Gasteiger partial charge in [0.15, 0.2) is 11.6 Å². The molecule has 0 radical (unpaired) electrons. The van der Waals surface area contributed by atoms with Crippen molar-refractivity contribution in [3.63, 3.8) is 0 Å². The molecule has 0 unspecified atom stereocenters. The number of nitrogens with zero attached hydrogens (tertiary/aromatic N) is 2. The Hall–Kier alpha value is -2.34. The van der Waals surface area contributed by atoms with Crippen LogP contribution in [-0.4, -0.2) is 60.9 Å². The van der Waals surface area contributed by atoms with Crippen LogP contribution in [-0.2, 0) is 4.79 Å². The SMILES string of the molecule is O=C(CC1CN(C(=O)c2ccc(F)c(F)c2Nc2ccc(I)cc2F)C1)NCCN1CCCCC1. The van der Waals surface area contributed by atoms with E-state index < -0.39 is 29.0 Å². The Morgan fingerprint density at radius 2 is 1.74 bits per heavy atom. The number of rotatable bonds is 8. The minimum atomic E-state index is -1.25. The van der Waals surface area contributed by atoms with Crippen molar-refractivity contribution in [3.8, 4) is 0 Å². The van der Waals surface area contributed by atoms with Gasteiger partial charge >= 0.3 is 0 Å². The number of anilines is 2. The van der Waals surface area contributed by atoms with Gasteiger partial charge in [0.25, 0.3) is 5.91 Å². The first kappa shape index (κ1) is 25.7. The molecule has 10 heteroatoms. The lowest BCUT2D eigenvalue weighted by molar-refractivity contribution is -0.123. The number of nitrogens with one attached hydrogen (secondary N) is 2. The van der Waals surface area contributed by atoms with E-state index in [2.05, 4.69) is 15.5 Å². The van der Waals surface area contributed by atoms with E-state index >= 15 is 0 Å². The monoisotopic (exact) mass is 600 g/mol. The Kier molecular flexibility index (Phi) is 8.53. The lowest BCUT2D eigenvalue weighted by atomic mass is 9.94. The minimum absolute atomic E-state index is 0.00397. The minimum Gasteiger partial charge on any atom is -0.355 e. The number of amides is 2. The molecule has 188 valence electrons. The average Bonchev–Trinajstić information content (AvgIpc) is 2.81. The van der Waals surface area contributed by atoms with Gasteiger partial charge in [-0.2, -0.15) is 0 Å². The molecule has 2 aromatic carbocycles. The van der Waals surface area contributed by atoms with E-state index in [1.54, 1.807) is 6.07 Å². The van der Waals surface area contributed by atoms with Gasteiger partial charge in [0.2, 0.25) is 5.91 Å². The first-order chi connectivity index (χ1) is 16.8. The van der Waals surface area contributed by atoms with Crippen molar-refractivity contribution in [3.05, 3.63) is 56.9 Å². The van der Waals surface area contributed by atoms with Crippen molar-refractivity contribution < 1.29 is 22.8 Å². The van der Waals surface area contributed by atoms with Gasteiger partial charge in [0.1, 0.15) is 5.82 Å². The Morgan fingerprint density at radius 1 is 1.00 bits per heavy atom. The molecule has 0 atom stereocenters. The summed E-state index contributed by atoms with van der Waals surface area (Å²) < 4.78 is 43.5. The smallest absolute Gasteiger partial charge is 0.256 e. The highest BCUT2D eigenvalue weighted by Gasteiger charge is 2.34. The number of piperidine rings is 1. The molecule has 0 saturated carbocycles. The molecule has 2 aliphatic heterocycles. The van der Waals surface area contributed by atoms with Crippen molar-refractivity contribution in [2.24, 2.45) is 5.92 Å². The molecule has 2 saturated heterocycles. The van der Waals surface area contributed by atoms with E-state index in [0.717, 1.165) is 25.7 Å². The Balaban J connectivity index is 1.32. The molecular weight excluding hydrogens is 572 g/mol. The molecule has 6 nitrogen and oxygen atoms in total. The van der Waals surface area contributed by atoms with Crippen LogP contribution in [0.5, 0.6) is 0 Å². The maximum absolute atomic E-state index is 14.6. The summed E-state index contributed by atoms with van der Waals surface area (Å²) >= 11 is 1.94. The molecule has 2 aliphatic rings. The van der Waals surface area contributed by atoms with Gasteiger partial charge in [0.05, 0.1) is 16.9 Å². The maximum atomic E-state index is 14.6. The third-order valence-corrected chi connectivity index (χ3v) is 7.10. The molecule has 0 aromatic heterocycles. The first-order valence-corrected chi connectivity index (χ1v) is 12.9. The quantitative estimate of drug-likeness (QED) is 0.438. The molecule has 2 N–H and O–H groups in total. The molecule has 2 heterocycles. The summed E-state index contributed by atoms with van der Waals surface area (Å²) in [7, 11) is 0. The fraction of sp³-hybridized carbons (Fsp3) is 0.440. The van der Waals surface area contributed by atoms with E-state index in [1.807, 2.05) is 22.6 Å². The first-order valence-electron chi connectivity index (χ1n) is 11.8. The summed E-state index contributed by atoms with van der Waals surface area (Å²) in [6.45, 7) is 4.28.